The van der Waals surface area contributed by atoms with Crippen LogP contribution in [0.1, 0.15) is 72.2 Å². The van der Waals surface area contributed by atoms with Crippen molar-refractivity contribution in [1.82, 2.24) is 0 Å². The van der Waals surface area contributed by atoms with Crippen molar-refractivity contribution < 1.29 is 0 Å². The predicted octanol–water partition coefficient (Wildman–Crippen LogP) is 19.6. The fraction of sp³-hybridized carbons (Fsp3) is 0.108. The van der Waals surface area contributed by atoms with E-state index in [0.29, 0.717) is 0 Å². The summed E-state index contributed by atoms with van der Waals surface area (Å²) in [5.41, 5.74) is 28.2. The Balaban J connectivity index is 1.05. The molecule has 0 N–H and O–H groups in total. The largest absolute Gasteiger partial charge is 0.309 e. The summed E-state index contributed by atoms with van der Waals surface area (Å²) in [5, 5.41) is 0. The average Bonchev–Trinajstić information content (AvgIpc) is 4.06. The number of fused-ring (bicyclic) bond motifs is 6. The second kappa shape index (κ2) is 18.6. The number of rotatable bonds is 11. The molecule has 0 bridgehead atoms. The third-order valence-corrected chi connectivity index (χ3v) is 16.6. The summed E-state index contributed by atoms with van der Waals surface area (Å²) in [7, 11) is 0. The fourth-order valence-corrected chi connectivity index (χ4v) is 13.0. The Labute approximate surface area is 443 Å². The Hall–Kier alpha value is -8.78. The number of hydrogen-bond acceptors (Lipinski definition) is 1. The van der Waals surface area contributed by atoms with E-state index in [0.717, 1.165) is 41.0 Å². The van der Waals surface area contributed by atoms with Crippen LogP contribution in [0.2, 0.25) is 0 Å². The SMILES string of the molecule is CCc1ccccc1-c1cc(-c2cccc(N(c3ccccc3-c3ccc4c(c3)C(c3ccccc3)(c3ccccc3)c3ccccc3-4)c3ccccc3-c3cccc4c3-c3ccccc3C4(C)C)c2)ccc1CC. The van der Waals surface area contributed by atoms with Gasteiger partial charge in [0.2, 0.25) is 0 Å². The van der Waals surface area contributed by atoms with Gasteiger partial charge in [-0.1, -0.05) is 252 Å². The molecule has 2 aliphatic rings. The van der Waals surface area contributed by atoms with E-state index in [4.69, 9.17) is 0 Å². The molecule has 0 unspecified atom stereocenters. The molecule has 0 saturated carbocycles. The van der Waals surface area contributed by atoms with Gasteiger partial charge in [-0.05, 0) is 149 Å². The van der Waals surface area contributed by atoms with Crippen LogP contribution in [-0.4, -0.2) is 0 Å². The van der Waals surface area contributed by atoms with Crippen molar-refractivity contribution in [3.05, 3.63) is 305 Å². The van der Waals surface area contributed by atoms with Crippen molar-refractivity contribution >= 4 is 17.1 Å². The molecule has 11 aromatic carbocycles. The van der Waals surface area contributed by atoms with E-state index in [2.05, 4.69) is 293 Å². The van der Waals surface area contributed by atoms with Crippen molar-refractivity contribution in [3.63, 3.8) is 0 Å². The average molecular weight is 962 g/mol. The third kappa shape index (κ3) is 7.36. The molecular formula is C74H59N. The second-order valence-corrected chi connectivity index (χ2v) is 20.8. The standard InChI is InChI=1S/C74H59N/c1-5-50-25-13-14-32-58(50)65-48-53(44-43-51(65)6-2)52-26-23-31-57(47-52)75(71-42-22-18-35-62(71)63-37-24-40-68-72(63)64-36-16-19-38-66(64)73(68,3)4)70-41-21-17-33-59(70)54-45-46-61-60-34-15-20-39-67(60)74(69(61)49-54,55-27-9-7-10-28-55)56-29-11-8-12-30-56/h7-49H,5-6H2,1-4H3. The number of hydrogen-bond donors (Lipinski definition) is 0. The molecule has 0 spiro atoms. The van der Waals surface area contributed by atoms with Gasteiger partial charge in [-0.25, -0.2) is 0 Å². The number of para-hydroxylation sites is 2. The minimum atomic E-state index is -0.526. The monoisotopic (exact) mass is 961 g/mol. The molecule has 2 aliphatic carbocycles. The van der Waals surface area contributed by atoms with Crippen molar-refractivity contribution in [2.75, 3.05) is 4.90 Å². The maximum atomic E-state index is 2.54. The number of nitrogens with zero attached hydrogens (tertiary/aromatic N) is 1. The third-order valence-electron chi connectivity index (χ3n) is 16.6. The molecule has 0 saturated heterocycles. The van der Waals surface area contributed by atoms with Crippen molar-refractivity contribution in [3.8, 4) is 66.8 Å². The number of aryl methyl sites for hydroxylation is 2. The fourth-order valence-electron chi connectivity index (χ4n) is 13.0. The first-order valence-corrected chi connectivity index (χ1v) is 26.8. The molecule has 75 heavy (non-hydrogen) atoms. The van der Waals surface area contributed by atoms with Crippen LogP contribution in [0, 0.1) is 0 Å². The first-order valence-electron chi connectivity index (χ1n) is 26.8. The van der Waals surface area contributed by atoms with E-state index in [1.165, 1.54) is 100 Å². The van der Waals surface area contributed by atoms with Crippen LogP contribution in [0.25, 0.3) is 66.8 Å². The second-order valence-electron chi connectivity index (χ2n) is 20.8. The minimum Gasteiger partial charge on any atom is -0.309 e. The van der Waals surface area contributed by atoms with Crippen LogP contribution in [0.4, 0.5) is 17.1 Å². The Morgan fingerprint density at radius 3 is 1.53 bits per heavy atom. The summed E-state index contributed by atoms with van der Waals surface area (Å²) in [6.07, 6.45) is 1.95. The minimum absolute atomic E-state index is 0.136. The van der Waals surface area contributed by atoms with E-state index in [1.807, 2.05) is 0 Å². The van der Waals surface area contributed by atoms with E-state index < -0.39 is 5.41 Å². The molecule has 0 radical (unpaired) electrons. The first kappa shape index (κ1) is 46.0. The van der Waals surface area contributed by atoms with Crippen LogP contribution in [0.5, 0.6) is 0 Å². The highest BCUT2D eigenvalue weighted by molar-refractivity contribution is 6.00. The topological polar surface area (TPSA) is 3.24 Å². The maximum Gasteiger partial charge on any atom is 0.0713 e. The molecule has 0 atom stereocenters. The molecule has 0 amide bonds. The molecule has 0 heterocycles. The lowest BCUT2D eigenvalue weighted by atomic mass is 9.67. The van der Waals surface area contributed by atoms with Crippen LogP contribution < -0.4 is 4.90 Å². The Morgan fingerprint density at radius 2 is 0.813 bits per heavy atom. The van der Waals surface area contributed by atoms with Crippen molar-refractivity contribution in [1.29, 1.82) is 0 Å². The quantitative estimate of drug-likeness (QED) is 0.125. The molecule has 1 heteroatoms. The summed E-state index contributed by atoms with van der Waals surface area (Å²) in [6.45, 7) is 9.28. The zero-order chi connectivity index (χ0) is 50.7. The molecule has 13 rings (SSSR count). The first-order chi connectivity index (χ1) is 36.9. The molecule has 0 fully saturated rings. The normalized spacial score (nSPS) is 13.4. The van der Waals surface area contributed by atoms with Gasteiger partial charge in [-0.15, -0.1) is 0 Å². The molecular weight excluding hydrogens is 903 g/mol. The maximum absolute atomic E-state index is 2.54. The summed E-state index contributed by atoms with van der Waals surface area (Å²) in [4.78, 5) is 2.54. The van der Waals surface area contributed by atoms with Gasteiger partial charge < -0.3 is 4.90 Å². The van der Waals surface area contributed by atoms with Gasteiger partial charge in [0.1, 0.15) is 0 Å². The van der Waals surface area contributed by atoms with Gasteiger partial charge >= 0.3 is 0 Å². The van der Waals surface area contributed by atoms with Crippen LogP contribution in [0.15, 0.2) is 261 Å². The molecule has 11 aromatic rings. The molecule has 1 nitrogen and oxygen atoms in total. The van der Waals surface area contributed by atoms with Crippen LogP contribution in [0.3, 0.4) is 0 Å². The predicted molar refractivity (Wildman–Crippen MR) is 316 cm³/mol. The van der Waals surface area contributed by atoms with Gasteiger partial charge in [0.05, 0.1) is 16.8 Å². The van der Waals surface area contributed by atoms with Gasteiger partial charge in [0.15, 0.2) is 0 Å². The highest BCUT2D eigenvalue weighted by atomic mass is 15.1. The van der Waals surface area contributed by atoms with Crippen LogP contribution >= 0.6 is 0 Å². The smallest absolute Gasteiger partial charge is 0.0713 e. The van der Waals surface area contributed by atoms with Crippen molar-refractivity contribution in [2.24, 2.45) is 0 Å². The van der Waals surface area contributed by atoms with Gasteiger partial charge in [-0.2, -0.15) is 0 Å². The lowest BCUT2D eigenvalue weighted by Gasteiger charge is -2.34. The zero-order valence-electron chi connectivity index (χ0n) is 43.2. The number of benzene rings is 11. The highest BCUT2D eigenvalue weighted by Crippen LogP contribution is 2.58. The lowest BCUT2D eigenvalue weighted by molar-refractivity contribution is 0.660. The van der Waals surface area contributed by atoms with E-state index in [9.17, 15) is 0 Å². The van der Waals surface area contributed by atoms with E-state index >= 15 is 0 Å². The highest BCUT2D eigenvalue weighted by Gasteiger charge is 2.46. The molecule has 0 aliphatic heterocycles. The van der Waals surface area contributed by atoms with Gasteiger partial charge in [0.25, 0.3) is 0 Å². The Kier molecular flexibility index (Phi) is 11.4. The Morgan fingerprint density at radius 1 is 0.307 bits per heavy atom. The summed E-state index contributed by atoms with van der Waals surface area (Å²) in [5.74, 6) is 0. The summed E-state index contributed by atoms with van der Waals surface area (Å²) in [6, 6.07) is 97.9. The van der Waals surface area contributed by atoms with Gasteiger partial charge in [-0.3, -0.25) is 0 Å². The van der Waals surface area contributed by atoms with Crippen LogP contribution in [-0.2, 0) is 23.7 Å². The summed E-state index contributed by atoms with van der Waals surface area (Å²) < 4.78 is 0. The van der Waals surface area contributed by atoms with E-state index in [1.54, 1.807) is 0 Å². The Bertz CT molecular complexity index is 3910. The summed E-state index contributed by atoms with van der Waals surface area (Å²) >= 11 is 0. The molecule has 360 valence electrons. The molecule has 0 aromatic heterocycles. The lowest BCUT2D eigenvalue weighted by Crippen LogP contribution is -2.28. The zero-order valence-corrected chi connectivity index (χ0v) is 43.2. The number of anilines is 3. The van der Waals surface area contributed by atoms with Crippen molar-refractivity contribution in [2.45, 2.75) is 51.4 Å². The van der Waals surface area contributed by atoms with Gasteiger partial charge in [0, 0.05) is 22.2 Å². The van der Waals surface area contributed by atoms with E-state index in [-0.39, 0.29) is 5.41 Å².